The third kappa shape index (κ3) is 38.0. The number of phosphoric ester groups is 1. The summed E-state index contributed by atoms with van der Waals surface area (Å²) in [5, 5.41) is 18.3. The maximum absolute atomic E-state index is 12.6. The fourth-order valence-corrected chi connectivity index (χ4v) is 6.02. The third-order valence-corrected chi connectivity index (χ3v) is 9.41. The Morgan fingerprint density at radius 1 is 0.566 bits per heavy atom. The van der Waals surface area contributed by atoms with Gasteiger partial charge in [-0.2, -0.15) is 0 Å². The van der Waals surface area contributed by atoms with Crippen LogP contribution in [0.15, 0.2) is 48.6 Å². The fraction of sp³-hybridized carbons (Fsp3) is 0.762. The van der Waals surface area contributed by atoms with Gasteiger partial charge in [0.1, 0.15) is 12.7 Å². The van der Waals surface area contributed by atoms with Crippen LogP contribution in [0.25, 0.3) is 0 Å². The Morgan fingerprint density at radius 2 is 0.981 bits per heavy atom. The molecule has 0 rings (SSSR count). The first-order valence-corrected chi connectivity index (χ1v) is 22.1. The number of ether oxygens (including phenoxy) is 2. The van der Waals surface area contributed by atoms with Crippen LogP contribution in [-0.4, -0.2) is 65.7 Å². The monoisotopic (exact) mass is 771 g/mol. The van der Waals surface area contributed by atoms with Crippen molar-refractivity contribution in [3.05, 3.63) is 48.6 Å². The summed E-state index contributed by atoms with van der Waals surface area (Å²) in [6, 6.07) is 0. The standard InChI is InChI=1S/C42H75O10P/c1-3-5-7-9-11-13-15-17-19-21-23-25-27-29-31-33-41(45)49-37-40(38-51-53(47,48)50-36-39(44)35-43)52-42(46)34-32-30-28-26-24-22-20-18-16-14-12-10-8-6-4-2/h11,13-14,16-17,19,23,25,39-40,43-44H,3-10,12,15,18,20-22,24,26-38H2,1-2H3,(H,47,48)/t39-,40+/m0/s1. The highest BCUT2D eigenvalue weighted by atomic mass is 31.2. The van der Waals surface area contributed by atoms with Gasteiger partial charge in [-0.25, -0.2) is 4.57 Å². The first kappa shape index (κ1) is 50.9. The lowest BCUT2D eigenvalue weighted by atomic mass is 10.1. The van der Waals surface area contributed by atoms with Crippen molar-refractivity contribution in [3.63, 3.8) is 0 Å². The van der Waals surface area contributed by atoms with E-state index in [0.29, 0.717) is 12.8 Å². The first-order valence-electron chi connectivity index (χ1n) is 20.6. The van der Waals surface area contributed by atoms with Gasteiger partial charge in [-0.05, 0) is 77.0 Å². The lowest BCUT2D eigenvalue weighted by Crippen LogP contribution is -2.29. The van der Waals surface area contributed by atoms with Gasteiger partial charge >= 0.3 is 19.8 Å². The van der Waals surface area contributed by atoms with E-state index < -0.39 is 51.8 Å². The van der Waals surface area contributed by atoms with E-state index in [4.69, 9.17) is 19.1 Å². The molecule has 11 heteroatoms. The van der Waals surface area contributed by atoms with Gasteiger partial charge < -0.3 is 24.6 Å². The zero-order valence-electron chi connectivity index (χ0n) is 33.2. The van der Waals surface area contributed by atoms with E-state index in [1.165, 1.54) is 70.6 Å². The number of rotatable bonds is 38. The smallest absolute Gasteiger partial charge is 0.462 e. The van der Waals surface area contributed by atoms with Gasteiger partial charge in [0.05, 0.1) is 19.8 Å². The Kier molecular flexibility index (Phi) is 36.7. The Hall–Kier alpha value is -2.07. The number of allylic oxidation sites excluding steroid dienone is 8. The van der Waals surface area contributed by atoms with Gasteiger partial charge in [0.25, 0.3) is 0 Å². The molecule has 10 nitrogen and oxygen atoms in total. The molecule has 0 aromatic carbocycles. The maximum Gasteiger partial charge on any atom is 0.472 e. The molecule has 308 valence electrons. The molecule has 0 radical (unpaired) electrons. The van der Waals surface area contributed by atoms with Crippen molar-refractivity contribution >= 4 is 19.8 Å². The van der Waals surface area contributed by atoms with Crippen molar-refractivity contribution in [1.29, 1.82) is 0 Å². The average molecular weight is 771 g/mol. The highest BCUT2D eigenvalue weighted by molar-refractivity contribution is 7.47. The molecule has 1 unspecified atom stereocenters. The van der Waals surface area contributed by atoms with Gasteiger partial charge in [-0.15, -0.1) is 0 Å². The van der Waals surface area contributed by atoms with E-state index >= 15 is 0 Å². The molecule has 3 atom stereocenters. The topological polar surface area (TPSA) is 149 Å². The summed E-state index contributed by atoms with van der Waals surface area (Å²) in [6.45, 7) is 2.28. The zero-order chi connectivity index (χ0) is 39.1. The predicted molar refractivity (Wildman–Crippen MR) is 214 cm³/mol. The largest absolute Gasteiger partial charge is 0.472 e. The molecule has 0 heterocycles. The number of carbonyl (C=O) groups excluding carboxylic acids is 2. The maximum atomic E-state index is 12.6. The molecule has 0 spiro atoms. The number of aliphatic hydroxyl groups is 2. The van der Waals surface area contributed by atoms with Crippen molar-refractivity contribution in [1.82, 2.24) is 0 Å². The summed E-state index contributed by atoms with van der Waals surface area (Å²) in [5.74, 6) is -0.977. The molecule has 0 amide bonds. The average Bonchev–Trinajstić information content (AvgIpc) is 3.14. The summed E-state index contributed by atoms with van der Waals surface area (Å²) in [7, 11) is -4.62. The quantitative estimate of drug-likeness (QED) is 0.0240. The summed E-state index contributed by atoms with van der Waals surface area (Å²) in [6.07, 6.45) is 39.3. The number of unbranched alkanes of at least 4 members (excludes halogenated alkanes) is 16. The number of aliphatic hydroxyl groups excluding tert-OH is 2. The van der Waals surface area contributed by atoms with Crippen molar-refractivity contribution in [2.75, 3.05) is 26.4 Å². The van der Waals surface area contributed by atoms with Crippen molar-refractivity contribution < 1.29 is 47.8 Å². The van der Waals surface area contributed by atoms with Crippen LogP contribution in [0.3, 0.4) is 0 Å². The van der Waals surface area contributed by atoms with E-state index in [0.717, 1.165) is 57.8 Å². The van der Waals surface area contributed by atoms with Crippen LogP contribution in [0, 0.1) is 0 Å². The minimum absolute atomic E-state index is 0.170. The number of esters is 2. The zero-order valence-corrected chi connectivity index (χ0v) is 34.1. The number of carbonyl (C=O) groups is 2. The van der Waals surface area contributed by atoms with Crippen molar-refractivity contribution in [2.45, 2.75) is 180 Å². The molecule has 0 aliphatic rings. The lowest BCUT2D eigenvalue weighted by Gasteiger charge is -2.20. The summed E-state index contributed by atoms with van der Waals surface area (Å²) in [5.41, 5.74) is 0. The highest BCUT2D eigenvalue weighted by Crippen LogP contribution is 2.43. The molecule has 0 bridgehead atoms. The summed E-state index contributed by atoms with van der Waals surface area (Å²) < 4.78 is 32.6. The Bertz CT molecular complexity index is 1030. The van der Waals surface area contributed by atoms with Gasteiger partial charge in [0.2, 0.25) is 0 Å². The number of phosphoric acid groups is 1. The minimum Gasteiger partial charge on any atom is -0.462 e. The van der Waals surface area contributed by atoms with E-state index in [1.54, 1.807) is 0 Å². The van der Waals surface area contributed by atoms with Crippen LogP contribution >= 0.6 is 7.82 Å². The van der Waals surface area contributed by atoms with Crippen molar-refractivity contribution in [3.8, 4) is 0 Å². The van der Waals surface area contributed by atoms with E-state index in [-0.39, 0.29) is 19.4 Å². The van der Waals surface area contributed by atoms with Crippen LogP contribution in [0.4, 0.5) is 0 Å². The second-order valence-electron chi connectivity index (χ2n) is 13.7. The predicted octanol–water partition coefficient (Wildman–Crippen LogP) is 10.6. The Labute approximate surface area is 322 Å². The molecule has 0 saturated heterocycles. The molecular weight excluding hydrogens is 695 g/mol. The highest BCUT2D eigenvalue weighted by Gasteiger charge is 2.27. The third-order valence-electron chi connectivity index (χ3n) is 8.46. The molecule has 0 saturated carbocycles. The molecule has 0 aromatic heterocycles. The summed E-state index contributed by atoms with van der Waals surface area (Å²) >= 11 is 0. The Balaban J connectivity index is 4.41. The molecule has 3 N–H and O–H groups in total. The number of hydrogen-bond donors (Lipinski definition) is 3. The Morgan fingerprint density at radius 3 is 1.57 bits per heavy atom. The molecule has 0 aliphatic heterocycles. The SMILES string of the molecule is CCCCCC=CCC=CCC=CCCCCC(=O)OC[C@H](COP(=O)(O)OC[C@@H](O)CO)OC(=O)CCCCCCCCCC=CCCCCCC. The summed E-state index contributed by atoms with van der Waals surface area (Å²) in [4.78, 5) is 34.9. The fourth-order valence-electron chi connectivity index (χ4n) is 5.23. The van der Waals surface area contributed by atoms with Crippen LogP contribution < -0.4 is 0 Å². The van der Waals surface area contributed by atoms with Crippen LogP contribution in [-0.2, 0) is 32.7 Å². The minimum atomic E-state index is -4.62. The molecule has 0 fully saturated rings. The normalized spacial score (nSPS) is 14.4. The lowest BCUT2D eigenvalue weighted by molar-refractivity contribution is -0.161. The number of hydrogen-bond acceptors (Lipinski definition) is 9. The van der Waals surface area contributed by atoms with Crippen LogP contribution in [0.2, 0.25) is 0 Å². The van der Waals surface area contributed by atoms with E-state index in [1.807, 2.05) is 0 Å². The van der Waals surface area contributed by atoms with E-state index in [2.05, 4.69) is 67.0 Å². The molecule has 0 aromatic rings. The van der Waals surface area contributed by atoms with Gasteiger partial charge in [0, 0.05) is 12.8 Å². The molecule has 0 aliphatic carbocycles. The first-order chi connectivity index (χ1) is 25.7. The second kappa shape index (κ2) is 38.2. The van der Waals surface area contributed by atoms with Crippen LogP contribution in [0.1, 0.15) is 168 Å². The van der Waals surface area contributed by atoms with E-state index in [9.17, 15) is 24.2 Å². The van der Waals surface area contributed by atoms with Crippen LogP contribution in [0.5, 0.6) is 0 Å². The van der Waals surface area contributed by atoms with Gasteiger partial charge in [-0.3, -0.25) is 18.6 Å². The van der Waals surface area contributed by atoms with Gasteiger partial charge in [-0.1, -0.05) is 127 Å². The molecular formula is C42H75O10P. The molecule has 53 heavy (non-hydrogen) atoms. The van der Waals surface area contributed by atoms with Crippen molar-refractivity contribution in [2.24, 2.45) is 0 Å². The second-order valence-corrected chi connectivity index (χ2v) is 15.1. The van der Waals surface area contributed by atoms with Gasteiger partial charge in [0.15, 0.2) is 6.10 Å².